The zero-order chi connectivity index (χ0) is 18.6. The van der Waals surface area contributed by atoms with Crippen molar-refractivity contribution in [3.05, 3.63) is 16.0 Å². The summed E-state index contributed by atoms with van der Waals surface area (Å²) < 4.78 is 9.71. The van der Waals surface area contributed by atoms with Crippen molar-refractivity contribution in [1.82, 2.24) is 0 Å². The van der Waals surface area contributed by atoms with Gasteiger partial charge in [0.25, 0.3) is 5.91 Å². The number of anilines is 1. The Balaban J connectivity index is 1.98. The second kappa shape index (κ2) is 7.97. The van der Waals surface area contributed by atoms with Gasteiger partial charge < -0.3 is 19.9 Å². The van der Waals surface area contributed by atoms with Gasteiger partial charge >= 0.3 is 11.9 Å². The summed E-state index contributed by atoms with van der Waals surface area (Å²) in [6.45, 7) is 3.09. The smallest absolute Gasteiger partial charge is 0.341 e. The van der Waals surface area contributed by atoms with Crippen molar-refractivity contribution in [1.29, 1.82) is 0 Å². The molecule has 1 fully saturated rings. The Morgan fingerprint density at radius 2 is 1.84 bits per heavy atom. The van der Waals surface area contributed by atoms with Crippen LogP contribution in [0.5, 0.6) is 0 Å². The summed E-state index contributed by atoms with van der Waals surface area (Å²) in [5.74, 6) is -1.88. The normalized spacial score (nSPS) is 16.2. The SMILES string of the molecule is COC(=O)c1c(NC(=O)COC(=O)C2(O)CCCCC2)sc(C)c1C. The van der Waals surface area contributed by atoms with E-state index in [1.54, 1.807) is 6.92 Å². The Labute approximate surface area is 150 Å². The van der Waals surface area contributed by atoms with E-state index in [2.05, 4.69) is 5.32 Å². The van der Waals surface area contributed by atoms with E-state index in [0.717, 1.165) is 29.7 Å². The van der Waals surface area contributed by atoms with Gasteiger partial charge in [-0.2, -0.15) is 0 Å². The molecule has 0 aromatic carbocycles. The molecule has 0 atom stereocenters. The minimum Gasteiger partial charge on any atom is -0.465 e. The van der Waals surface area contributed by atoms with E-state index < -0.39 is 30.1 Å². The quantitative estimate of drug-likeness (QED) is 0.773. The van der Waals surface area contributed by atoms with E-state index in [0.29, 0.717) is 23.4 Å². The number of aryl methyl sites for hydroxylation is 1. The van der Waals surface area contributed by atoms with Gasteiger partial charge in [-0.05, 0) is 45.1 Å². The van der Waals surface area contributed by atoms with Crippen LogP contribution >= 0.6 is 11.3 Å². The maximum Gasteiger partial charge on any atom is 0.341 e. The Hall–Kier alpha value is -1.93. The Morgan fingerprint density at radius 3 is 2.44 bits per heavy atom. The van der Waals surface area contributed by atoms with Crippen LogP contribution in [0.2, 0.25) is 0 Å². The summed E-state index contributed by atoms with van der Waals surface area (Å²) >= 11 is 1.25. The molecule has 0 saturated heterocycles. The monoisotopic (exact) mass is 369 g/mol. The van der Waals surface area contributed by atoms with Gasteiger partial charge in [-0.15, -0.1) is 11.3 Å². The van der Waals surface area contributed by atoms with Gasteiger partial charge in [-0.3, -0.25) is 4.79 Å². The lowest BCUT2D eigenvalue weighted by atomic mass is 9.85. The highest BCUT2D eigenvalue weighted by Gasteiger charge is 2.39. The van der Waals surface area contributed by atoms with Crippen LogP contribution in [0.15, 0.2) is 0 Å². The molecule has 2 N–H and O–H groups in total. The van der Waals surface area contributed by atoms with Gasteiger partial charge in [-0.1, -0.05) is 6.42 Å². The van der Waals surface area contributed by atoms with Crippen LogP contribution in [-0.4, -0.2) is 42.3 Å². The second-order valence-corrected chi connectivity index (χ2v) is 7.42. The lowest BCUT2D eigenvalue weighted by Crippen LogP contribution is -2.42. The molecule has 1 aromatic rings. The molecule has 0 aliphatic heterocycles. The summed E-state index contributed by atoms with van der Waals surface area (Å²) in [5, 5.41) is 13.2. The summed E-state index contributed by atoms with van der Waals surface area (Å²) in [6, 6.07) is 0. The topological polar surface area (TPSA) is 102 Å². The third-order valence-corrected chi connectivity index (χ3v) is 5.55. The molecule has 1 saturated carbocycles. The number of esters is 2. The van der Waals surface area contributed by atoms with Crippen LogP contribution < -0.4 is 5.32 Å². The van der Waals surface area contributed by atoms with Gasteiger partial charge in [0, 0.05) is 4.88 Å². The van der Waals surface area contributed by atoms with E-state index in [9.17, 15) is 19.5 Å². The summed E-state index contributed by atoms with van der Waals surface area (Å²) in [7, 11) is 1.27. The number of carbonyl (C=O) groups is 3. The molecule has 0 radical (unpaired) electrons. The third-order valence-electron chi connectivity index (χ3n) is 4.42. The summed E-state index contributed by atoms with van der Waals surface area (Å²) in [4.78, 5) is 36.9. The third kappa shape index (κ3) is 4.38. The van der Waals surface area contributed by atoms with E-state index >= 15 is 0 Å². The van der Waals surface area contributed by atoms with Crippen molar-refractivity contribution in [2.45, 2.75) is 51.6 Å². The molecule has 138 valence electrons. The van der Waals surface area contributed by atoms with E-state index in [1.807, 2.05) is 6.92 Å². The first-order chi connectivity index (χ1) is 11.8. The number of rotatable bonds is 5. The lowest BCUT2D eigenvalue weighted by Gasteiger charge is -2.29. The number of aliphatic hydroxyl groups is 1. The van der Waals surface area contributed by atoms with Crippen molar-refractivity contribution >= 4 is 34.2 Å². The Kier molecular flexibility index (Phi) is 6.18. The van der Waals surface area contributed by atoms with Gasteiger partial charge in [0.1, 0.15) is 5.00 Å². The fraction of sp³-hybridized carbons (Fsp3) is 0.588. The molecule has 8 heteroatoms. The van der Waals surface area contributed by atoms with Gasteiger partial charge in [0.2, 0.25) is 0 Å². The standard InChI is InChI=1S/C17H23NO6S/c1-10-11(2)25-14(13(10)15(20)23-3)18-12(19)9-24-16(21)17(22)7-5-4-6-8-17/h22H,4-9H2,1-3H3,(H,18,19). The first-order valence-corrected chi connectivity index (χ1v) is 8.98. The van der Waals surface area contributed by atoms with Gasteiger partial charge in [0.15, 0.2) is 12.2 Å². The van der Waals surface area contributed by atoms with Crippen LogP contribution in [-0.2, 0) is 19.1 Å². The van der Waals surface area contributed by atoms with Crippen LogP contribution in [0.1, 0.15) is 52.9 Å². The largest absolute Gasteiger partial charge is 0.465 e. The number of hydrogen-bond donors (Lipinski definition) is 2. The van der Waals surface area contributed by atoms with Crippen molar-refractivity contribution < 1.29 is 29.0 Å². The first kappa shape index (κ1) is 19.4. The Morgan fingerprint density at radius 1 is 1.20 bits per heavy atom. The predicted octanol–water partition coefficient (Wildman–Crippen LogP) is 2.33. The molecule has 1 heterocycles. The van der Waals surface area contributed by atoms with Crippen molar-refractivity contribution in [3.63, 3.8) is 0 Å². The average Bonchev–Trinajstić information content (AvgIpc) is 2.86. The predicted molar refractivity (Wildman–Crippen MR) is 92.8 cm³/mol. The highest BCUT2D eigenvalue weighted by Crippen LogP contribution is 2.33. The second-order valence-electron chi connectivity index (χ2n) is 6.20. The van der Waals surface area contributed by atoms with Crippen LogP contribution in [0.25, 0.3) is 0 Å². The maximum absolute atomic E-state index is 12.1. The van der Waals surface area contributed by atoms with E-state index in [4.69, 9.17) is 9.47 Å². The molecule has 0 bridgehead atoms. The fourth-order valence-electron chi connectivity index (χ4n) is 2.83. The number of ether oxygens (including phenoxy) is 2. The summed E-state index contributed by atoms with van der Waals surface area (Å²) in [5.41, 5.74) is -0.456. The maximum atomic E-state index is 12.1. The van der Waals surface area contributed by atoms with Crippen LogP contribution in [0, 0.1) is 13.8 Å². The minimum absolute atomic E-state index is 0.301. The van der Waals surface area contributed by atoms with Crippen LogP contribution in [0.4, 0.5) is 5.00 Å². The van der Waals surface area contributed by atoms with E-state index in [1.165, 1.54) is 18.4 Å². The van der Waals surface area contributed by atoms with Gasteiger partial charge in [-0.25, -0.2) is 9.59 Å². The molecule has 1 amide bonds. The van der Waals surface area contributed by atoms with E-state index in [-0.39, 0.29) is 0 Å². The average molecular weight is 369 g/mol. The number of amides is 1. The lowest BCUT2D eigenvalue weighted by molar-refractivity contribution is -0.170. The number of nitrogens with one attached hydrogen (secondary N) is 1. The number of carbonyl (C=O) groups excluding carboxylic acids is 3. The molecule has 7 nitrogen and oxygen atoms in total. The first-order valence-electron chi connectivity index (χ1n) is 8.16. The summed E-state index contributed by atoms with van der Waals surface area (Å²) in [6.07, 6.45) is 3.19. The molecule has 1 aromatic heterocycles. The molecule has 1 aliphatic carbocycles. The zero-order valence-electron chi connectivity index (χ0n) is 14.6. The van der Waals surface area contributed by atoms with Crippen molar-refractivity contribution in [2.75, 3.05) is 19.0 Å². The highest BCUT2D eigenvalue weighted by atomic mass is 32.1. The van der Waals surface area contributed by atoms with Crippen molar-refractivity contribution in [3.8, 4) is 0 Å². The molecule has 0 spiro atoms. The highest BCUT2D eigenvalue weighted by molar-refractivity contribution is 7.16. The van der Waals surface area contributed by atoms with Crippen molar-refractivity contribution in [2.24, 2.45) is 0 Å². The molecule has 25 heavy (non-hydrogen) atoms. The molecular formula is C17H23NO6S. The zero-order valence-corrected chi connectivity index (χ0v) is 15.5. The Bertz CT molecular complexity index is 675. The molecular weight excluding hydrogens is 346 g/mol. The molecule has 2 rings (SSSR count). The fourth-order valence-corrected chi connectivity index (χ4v) is 3.90. The van der Waals surface area contributed by atoms with Gasteiger partial charge in [0.05, 0.1) is 12.7 Å². The number of methoxy groups -OCH3 is 1. The molecule has 0 unspecified atom stereocenters. The number of thiophene rings is 1. The minimum atomic E-state index is -1.49. The molecule has 1 aliphatic rings. The number of hydrogen-bond acceptors (Lipinski definition) is 7. The van der Waals surface area contributed by atoms with Crippen LogP contribution in [0.3, 0.4) is 0 Å².